The van der Waals surface area contributed by atoms with Crippen LogP contribution in [0.4, 0.5) is 11.4 Å². The van der Waals surface area contributed by atoms with E-state index in [1.165, 1.54) is 5.01 Å². The Bertz CT molecular complexity index is 949. The lowest BCUT2D eigenvalue weighted by Crippen LogP contribution is -2.43. The van der Waals surface area contributed by atoms with E-state index in [9.17, 15) is 14.4 Å². The number of imide groups is 1. The Kier molecular flexibility index (Phi) is 4.33. The molecule has 2 aliphatic rings. The van der Waals surface area contributed by atoms with Crippen LogP contribution in [-0.4, -0.2) is 41.4 Å². The van der Waals surface area contributed by atoms with Crippen molar-refractivity contribution >= 4 is 40.7 Å². The number of benzene rings is 2. The van der Waals surface area contributed by atoms with E-state index >= 15 is 0 Å². The van der Waals surface area contributed by atoms with Gasteiger partial charge >= 0.3 is 0 Å². The SMILES string of the molecule is O=C(CN1N=N[C@H]2C(=O)N(c3ccccc3)C(=O)[C@H]21)Nc1ccccc1Cl. The number of carbonyl (C=O) groups is 3. The first kappa shape index (κ1) is 17.2. The van der Waals surface area contributed by atoms with Gasteiger partial charge in [-0.1, -0.05) is 47.2 Å². The molecular weight excluding hydrogens is 370 g/mol. The first-order valence-corrected chi connectivity index (χ1v) is 8.59. The molecule has 2 aromatic carbocycles. The summed E-state index contributed by atoms with van der Waals surface area (Å²) < 4.78 is 0. The van der Waals surface area contributed by atoms with Gasteiger partial charge < -0.3 is 5.32 Å². The molecule has 2 atom stereocenters. The summed E-state index contributed by atoms with van der Waals surface area (Å²) in [5, 5.41) is 12.0. The third-order valence-corrected chi connectivity index (χ3v) is 4.66. The highest BCUT2D eigenvalue weighted by Crippen LogP contribution is 2.31. The monoisotopic (exact) mass is 383 g/mol. The fourth-order valence-electron chi connectivity index (χ4n) is 3.08. The molecule has 2 aromatic rings. The minimum atomic E-state index is -0.939. The molecular formula is C18H14ClN5O3. The van der Waals surface area contributed by atoms with Crippen LogP contribution in [0.3, 0.4) is 0 Å². The van der Waals surface area contributed by atoms with E-state index in [0.717, 1.165) is 4.90 Å². The molecule has 0 bridgehead atoms. The fraction of sp³-hybridized carbons (Fsp3) is 0.167. The van der Waals surface area contributed by atoms with Crippen LogP contribution in [0.5, 0.6) is 0 Å². The van der Waals surface area contributed by atoms with E-state index < -0.39 is 29.8 Å². The van der Waals surface area contributed by atoms with E-state index in [-0.39, 0.29) is 6.54 Å². The first-order valence-electron chi connectivity index (χ1n) is 8.21. The summed E-state index contributed by atoms with van der Waals surface area (Å²) in [7, 11) is 0. The Morgan fingerprint density at radius 1 is 1.04 bits per heavy atom. The number of para-hydroxylation sites is 2. The van der Waals surface area contributed by atoms with Crippen molar-refractivity contribution in [1.29, 1.82) is 0 Å². The predicted octanol–water partition coefficient (Wildman–Crippen LogP) is 2.27. The Morgan fingerprint density at radius 2 is 1.74 bits per heavy atom. The summed E-state index contributed by atoms with van der Waals surface area (Å²) in [4.78, 5) is 38.8. The topological polar surface area (TPSA) is 94.4 Å². The van der Waals surface area contributed by atoms with E-state index in [1.54, 1.807) is 54.6 Å². The van der Waals surface area contributed by atoms with Crippen molar-refractivity contribution in [3.8, 4) is 0 Å². The number of halogens is 1. The molecule has 4 rings (SSSR count). The number of fused-ring (bicyclic) bond motifs is 1. The Hall–Kier alpha value is -3.26. The average Bonchev–Trinajstić information content (AvgIpc) is 3.18. The van der Waals surface area contributed by atoms with Crippen molar-refractivity contribution in [3.63, 3.8) is 0 Å². The Balaban J connectivity index is 1.49. The number of amides is 3. The second-order valence-electron chi connectivity index (χ2n) is 6.07. The zero-order chi connectivity index (χ0) is 19.0. The van der Waals surface area contributed by atoms with Gasteiger partial charge in [0.2, 0.25) is 5.91 Å². The quantitative estimate of drug-likeness (QED) is 0.819. The number of rotatable bonds is 4. The largest absolute Gasteiger partial charge is 0.323 e. The van der Waals surface area contributed by atoms with Crippen LogP contribution in [0, 0.1) is 0 Å². The van der Waals surface area contributed by atoms with E-state index in [2.05, 4.69) is 15.7 Å². The average molecular weight is 384 g/mol. The van der Waals surface area contributed by atoms with Crippen LogP contribution in [-0.2, 0) is 14.4 Å². The molecule has 136 valence electrons. The van der Waals surface area contributed by atoms with E-state index in [4.69, 9.17) is 11.6 Å². The molecule has 1 fully saturated rings. The summed E-state index contributed by atoms with van der Waals surface area (Å²) in [6.45, 7) is -0.225. The lowest BCUT2D eigenvalue weighted by atomic mass is 10.1. The summed E-state index contributed by atoms with van der Waals surface area (Å²) >= 11 is 6.03. The number of nitrogens with zero attached hydrogens (tertiary/aromatic N) is 4. The van der Waals surface area contributed by atoms with Gasteiger partial charge in [0.15, 0.2) is 12.1 Å². The van der Waals surface area contributed by atoms with Gasteiger partial charge in [-0.25, -0.2) is 4.90 Å². The van der Waals surface area contributed by atoms with Gasteiger partial charge in [0.25, 0.3) is 11.8 Å². The molecule has 0 aliphatic carbocycles. The lowest BCUT2D eigenvalue weighted by Gasteiger charge is -2.20. The summed E-state index contributed by atoms with van der Waals surface area (Å²) in [5.41, 5.74) is 0.925. The molecule has 3 amide bonds. The molecule has 0 aromatic heterocycles. The molecule has 2 aliphatic heterocycles. The molecule has 0 unspecified atom stereocenters. The van der Waals surface area contributed by atoms with Gasteiger partial charge in [-0.05, 0) is 24.3 Å². The minimum absolute atomic E-state index is 0.225. The van der Waals surface area contributed by atoms with Crippen molar-refractivity contribution in [2.75, 3.05) is 16.8 Å². The Morgan fingerprint density at radius 3 is 2.48 bits per heavy atom. The predicted molar refractivity (Wildman–Crippen MR) is 98.2 cm³/mol. The van der Waals surface area contributed by atoms with Crippen molar-refractivity contribution in [2.45, 2.75) is 12.1 Å². The number of anilines is 2. The normalized spacial score (nSPS) is 20.9. The van der Waals surface area contributed by atoms with Crippen molar-refractivity contribution in [2.24, 2.45) is 10.3 Å². The van der Waals surface area contributed by atoms with Crippen LogP contribution in [0.15, 0.2) is 64.9 Å². The van der Waals surface area contributed by atoms with Gasteiger partial charge in [0, 0.05) is 0 Å². The zero-order valence-corrected chi connectivity index (χ0v) is 14.7. The third kappa shape index (κ3) is 3.04. The smallest absolute Gasteiger partial charge is 0.263 e. The van der Waals surface area contributed by atoms with E-state index in [1.807, 2.05) is 0 Å². The Labute approximate surface area is 159 Å². The maximum absolute atomic E-state index is 12.8. The van der Waals surface area contributed by atoms with E-state index in [0.29, 0.717) is 16.4 Å². The summed E-state index contributed by atoms with van der Waals surface area (Å²) in [5.74, 6) is -1.32. The fourth-order valence-corrected chi connectivity index (χ4v) is 3.27. The molecule has 0 saturated carbocycles. The highest BCUT2D eigenvalue weighted by molar-refractivity contribution is 6.33. The standard InChI is InChI=1S/C18H14ClN5O3/c19-12-8-4-5-9-13(12)20-14(25)10-23-16-15(21-22-23)17(26)24(18(16)27)11-6-2-1-3-7-11/h1-9,15-16H,10H2,(H,20,25)/t15-,16+/m1/s1. The molecule has 0 radical (unpaired) electrons. The molecule has 8 nitrogen and oxygen atoms in total. The van der Waals surface area contributed by atoms with Crippen LogP contribution in [0.2, 0.25) is 5.02 Å². The van der Waals surface area contributed by atoms with Gasteiger partial charge in [0.1, 0.15) is 6.54 Å². The first-order chi connectivity index (χ1) is 13.1. The zero-order valence-electron chi connectivity index (χ0n) is 13.9. The number of nitrogens with one attached hydrogen (secondary N) is 1. The molecule has 2 heterocycles. The van der Waals surface area contributed by atoms with Crippen LogP contribution in [0.25, 0.3) is 0 Å². The lowest BCUT2D eigenvalue weighted by molar-refractivity contribution is -0.123. The molecule has 0 spiro atoms. The molecule has 1 saturated heterocycles. The highest BCUT2D eigenvalue weighted by Gasteiger charge is 2.55. The minimum Gasteiger partial charge on any atom is -0.323 e. The number of hydrogen-bond donors (Lipinski definition) is 1. The van der Waals surface area contributed by atoms with Gasteiger partial charge in [-0.3, -0.25) is 19.4 Å². The second-order valence-corrected chi connectivity index (χ2v) is 6.47. The molecule has 1 N–H and O–H groups in total. The number of hydrogen-bond acceptors (Lipinski definition) is 6. The summed E-state index contributed by atoms with van der Waals surface area (Å²) in [6, 6.07) is 13.5. The van der Waals surface area contributed by atoms with Crippen LogP contribution >= 0.6 is 11.6 Å². The van der Waals surface area contributed by atoms with Crippen molar-refractivity contribution in [3.05, 3.63) is 59.6 Å². The van der Waals surface area contributed by atoms with Crippen molar-refractivity contribution in [1.82, 2.24) is 5.01 Å². The third-order valence-electron chi connectivity index (χ3n) is 4.33. The maximum Gasteiger partial charge on any atom is 0.263 e. The van der Waals surface area contributed by atoms with Crippen molar-refractivity contribution < 1.29 is 14.4 Å². The van der Waals surface area contributed by atoms with Gasteiger partial charge in [-0.15, -0.1) is 0 Å². The molecule has 9 heteroatoms. The molecule has 27 heavy (non-hydrogen) atoms. The van der Waals surface area contributed by atoms with Gasteiger partial charge in [0.05, 0.1) is 16.4 Å². The maximum atomic E-state index is 12.8. The highest BCUT2D eigenvalue weighted by atomic mass is 35.5. The van der Waals surface area contributed by atoms with Gasteiger partial charge in [-0.2, -0.15) is 5.11 Å². The summed E-state index contributed by atoms with van der Waals surface area (Å²) in [6.07, 6.45) is 0. The number of carbonyl (C=O) groups excluding carboxylic acids is 3. The van der Waals surface area contributed by atoms with Crippen LogP contribution in [0.1, 0.15) is 0 Å². The van der Waals surface area contributed by atoms with Crippen LogP contribution < -0.4 is 10.2 Å². The second kappa shape index (κ2) is 6.81.